The molecular formula is C21H15ClF4N4O. The van der Waals surface area contributed by atoms with Crippen molar-refractivity contribution in [1.82, 2.24) is 10.4 Å². The highest BCUT2D eigenvalue weighted by molar-refractivity contribution is 6.30. The standard InChI is InChI=1S/C21H15ClF4N4O/c1-12-10-14(22)4-8-17(12)28-19-16(7-9-18(29-19)21(24,25)26)20(31)30-27-11-13-2-5-15(23)6-3-13/h2-11H,1H3,(H,28,29)(H,30,31)/b27-11+. The monoisotopic (exact) mass is 450 g/mol. The fourth-order valence-electron chi connectivity index (χ4n) is 2.56. The Morgan fingerprint density at radius 3 is 2.45 bits per heavy atom. The van der Waals surface area contributed by atoms with Gasteiger partial charge in [0.25, 0.3) is 5.91 Å². The Labute approximate surface area is 179 Å². The number of carbonyl (C=O) groups is 1. The zero-order valence-corrected chi connectivity index (χ0v) is 16.7. The molecule has 0 saturated carbocycles. The van der Waals surface area contributed by atoms with E-state index in [0.717, 1.165) is 6.07 Å². The van der Waals surface area contributed by atoms with Crippen molar-refractivity contribution < 1.29 is 22.4 Å². The number of hydrogen-bond donors (Lipinski definition) is 2. The Morgan fingerprint density at radius 1 is 1.10 bits per heavy atom. The molecule has 1 amide bonds. The molecule has 0 spiro atoms. The number of halogens is 5. The quantitative estimate of drug-likeness (QED) is 0.297. The average Bonchev–Trinajstić information content (AvgIpc) is 2.71. The molecule has 0 aliphatic rings. The summed E-state index contributed by atoms with van der Waals surface area (Å²) in [5, 5.41) is 6.96. The van der Waals surface area contributed by atoms with Crippen molar-refractivity contribution in [1.29, 1.82) is 0 Å². The summed E-state index contributed by atoms with van der Waals surface area (Å²) in [4.78, 5) is 16.1. The molecular weight excluding hydrogens is 436 g/mol. The molecule has 160 valence electrons. The molecule has 5 nitrogen and oxygen atoms in total. The van der Waals surface area contributed by atoms with Gasteiger partial charge < -0.3 is 5.32 Å². The summed E-state index contributed by atoms with van der Waals surface area (Å²) >= 11 is 5.91. The highest BCUT2D eigenvalue weighted by atomic mass is 35.5. The Morgan fingerprint density at radius 2 is 1.81 bits per heavy atom. The summed E-state index contributed by atoms with van der Waals surface area (Å²) in [7, 11) is 0. The number of alkyl halides is 3. The van der Waals surface area contributed by atoms with Crippen molar-refractivity contribution in [3.05, 3.63) is 87.8 Å². The number of amides is 1. The molecule has 3 aromatic rings. The molecule has 1 aromatic heterocycles. The van der Waals surface area contributed by atoms with Gasteiger partial charge in [-0.15, -0.1) is 0 Å². The van der Waals surface area contributed by atoms with Crippen LogP contribution < -0.4 is 10.7 Å². The number of hydrazone groups is 1. The molecule has 0 radical (unpaired) electrons. The number of carbonyl (C=O) groups excluding carboxylic acids is 1. The maximum Gasteiger partial charge on any atom is 0.433 e. The van der Waals surface area contributed by atoms with E-state index in [0.29, 0.717) is 27.9 Å². The molecule has 0 fully saturated rings. The predicted octanol–water partition coefficient (Wildman–Crippen LogP) is 5.71. The van der Waals surface area contributed by atoms with Gasteiger partial charge in [-0.3, -0.25) is 4.79 Å². The number of pyridine rings is 1. The van der Waals surface area contributed by atoms with Crippen LogP contribution in [0.25, 0.3) is 0 Å². The van der Waals surface area contributed by atoms with Crippen LogP contribution in [0.3, 0.4) is 0 Å². The van der Waals surface area contributed by atoms with Crippen LogP contribution in [0.15, 0.2) is 59.7 Å². The molecule has 1 heterocycles. The van der Waals surface area contributed by atoms with E-state index in [9.17, 15) is 22.4 Å². The first-order valence-electron chi connectivity index (χ1n) is 8.84. The molecule has 0 saturated heterocycles. The van der Waals surface area contributed by atoms with Crippen LogP contribution in [0, 0.1) is 12.7 Å². The van der Waals surface area contributed by atoms with E-state index in [-0.39, 0.29) is 11.4 Å². The van der Waals surface area contributed by atoms with Gasteiger partial charge in [-0.25, -0.2) is 14.8 Å². The van der Waals surface area contributed by atoms with E-state index in [2.05, 4.69) is 20.8 Å². The minimum absolute atomic E-state index is 0.154. The number of nitrogens with one attached hydrogen (secondary N) is 2. The summed E-state index contributed by atoms with van der Waals surface area (Å²) < 4.78 is 52.3. The molecule has 10 heteroatoms. The third-order valence-electron chi connectivity index (χ3n) is 4.12. The molecule has 0 aliphatic carbocycles. The smallest absolute Gasteiger partial charge is 0.339 e. The second kappa shape index (κ2) is 9.13. The van der Waals surface area contributed by atoms with Crippen molar-refractivity contribution in [2.24, 2.45) is 5.10 Å². The lowest BCUT2D eigenvalue weighted by Crippen LogP contribution is -2.21. The zero-order chi connectivity index (χ0) is 22.6. The van der Waals surface area contributed by atoms with Crippen LogP contribution in [0.1, 0.15) is 27.2 Å². The lowest BCUT2D eigenvalue weighted by molar-refractivity contribution is -0.141. The van der Waals surface area contributed by atoms with Gasteiger partial charge in [0.2, 0.25) is 0 Å². The van der Waals surface area contributed by atoms with Gasteiger partial charge >= 0.3 is 6.18 Å². The SMILES string of the molecule is Cc1cc(Cl)ccc1Nc1nc(C(F)(F)F)ccc1C(=O)N/N=C/c1ccc(F)cc1. The van der Waals surface area contributed by atoms with Crippen molar-refractivity contribution in [2.45, 2.75) is 13.1 Å². The normalized spacial score (nSPS) is 11.5. The number of aryl methyl sites for hydroxylation is 1. The van der Waals surface area contributed by atoms with Crippen molar-refractivity contribution in [3.8, 4) is 0 Å². The molecule has 31 heavy (non-hydrogen) atoms. The molecule has 3 rings (SSSR count). The van der Waals surface area contributed by atoms with Crippen LogP contribution in [0.5, 0.6) is 0 Å². The van der Waals surface area contributed by atoms with Crippen LogP contribution in [0.2, 0.25) is 5.02 Å². The predicted molar refractivity (Wildman–Crippen MR) is 110 cm³/mol. The number of benzene rings is 2. The fraction of sp³-hybridized carbons (Fsp3) is 0.0952. The fourth-order valence-corrected chi connectivity index (χ4v) is 2.79. The van der Waals surface area contributed by atoms with E-state index < -0.39 is 23.6 Å². The van der Waals surface area contributed by atoms with E-state index in [1.807, 2.05) is 0 Å². The van der Waals surface area contributed by atoms with Crippen LogP contribution in [-0.2, 0) is 6.18 Å². The number of aromatic nitrogens is 1. The van der Waals surface area contributed by atoms with E-state index in [1.54, 1.807) is 25.1 Å². The van der Waals surface area contributed by atoms with Gasteiger partial charge in [-0.2, -0.15) is 18.3 Å². The van der Waals surface area contributed by atoms with Gasteiger partial charge in [0.1, 0.15) is 17.3 Å². The van der Waals surface area contributed by atoms with E-state index in [1.165, 1.54) is 30.5 Å². The van der Waals surface area contributed by atoms with Crippen molar-refractivity contribution in [3.63, 3.8) is 0 Å². The summed E-state index contributed by atoms with van der Waals surface area (Å²) in [6.45, 7) is 1.70. The second-order valence-corrected chi connectivity index (χ2v) is 6.86. The van der Waals surface area contributed by atoms with Crippen LogP contribution in [0.4, 0.5) is 29.1 Å². The zero-order valence-electron chi connectivity index (χ0n) is 16.0. The number of hydrogen-bond acceptors (Lipinski definition) is 4. The lowest BCUT2D eigenvalue weighted by Gasteiger charge is -2.15. The van der Waals surface area contributed by atoms with Crippen LogP contribution >= 0.6 is 11.6 Å². The molecule has 0 unspecified atom stereocenters. The van der Waals surface area contributed by atoms with Gasteiger partial charge in [-0.1, -0.05) is 23.7 Å². The van der Waals surface area contributed by atoms with Gasteiger partial charge in [0.15, 0.2) is 0 Å². The first kappa shape index (κ1) is 22.2. The minimum atomic E-state index is -4.69. The molecule has 2 aromatic carbocycles. The largest absolute Gasteiger partial charge is 0.433 e. The summed E-state index contributed by atoms with van der Waals surface area (Å²) in [5.74, 6) is -1.51. The molecule has 0 bridgehead atoms. The van der Waals surface area contributed by atoms with Crippen molar-refractivity contribution >= 4 is 35.2 Å². The Kier molecular flexibility index (Phi) is 6.55. The topological polar surface area (TPSA) is 66.4 Å². The van der Waals surface area contributed by atoms with E-state index >= 15 is 0 Å². The Bertz CT molecular complexity index is 1130. The first-order valence-corrected chi connectivity index (χ1v) is 9.21. The lowest BCUT2D eigenvalue weighted by atomic mass is 10.1. The highest BCUT2D eigenvalue weighted by Gasteiger charge is 2.33. The average molecular weight is 451 g/mol. The van der Waals surface area contributed by atoms with Crippen LogP contribution in [-0.4, -0.2) is 17.1 Å². The maximum absolute atomic E-state index is 13.1. The number of anilines is 2. The molecule has 2 N–H and O–H groups in total. The van der Waals surface area contributed by atoms with Gasteiger partial charge in [0, 0.05) is 10.7 Å². The Hall–Kier alpha value is -3.46. The third-order valence-corrected chi connectivity index (χ3v) is 4.36. The summed E-state index contributed by atoms with van der Waals surface area (Å²) in [5.41, 5.74) is 2.50. The van der Waals surface area contributed by atoms with Gasteiger partial charge in [0.05, 0.1) is 11.8 Å². The summed E-state index contributed by atoms with van der Waals surface area (Å²) in [6.07, 6.45) is -3.42. The molecule has 0 atom stereocenters. The second-order valence-electron chi connectivity index (χ2n) is 6.43. The third kappa shape index (κ3) is 5.79. The van der Waals surface area contributed by atoms with Crippen molar-refractivity contribution in [2.75, 3.05) is 5.32 Å². The maximum atomic E-state index is 13.1. The number of rotatable bonds is 5. The number of nitrogens with zero attached hydrogens (tertiary/aromatic N) is 2. The highest BCUT2D eigenvalue weighted by Crippen LogP contribution is 2.31. The van der Waals surface area contributed by atoms with E-state index in [4.69, 9.17) is 11.6 Å². The first-order chi connectivity index (χ1) is 14.6. The van der Waals surface area contributed by atoms with Gasteiger partial charge in [-0.05, 0) is 60.5 Å². The minimum Gasteiger partial charge on any atom is -0.339 e. The summed E-state index contributed by atoms with van der Waals surface area (Å²) in [6, 6.07) is 11.8. The molecule has 0 aliphatic heterocycles. The Balaban J connectivity index is 1.88.